The molecular weight excluding hydrogens is 644 g/mol. The number of carbonyl (C=O) groups is 9. The Hall–Kier alpha value is -5.05. The Balaban J connectivity index is 4.83. The number of hydrogen-bond donors (Lipinski definition) is 9. The number of carboxylic acid groups (broad SMARTS) is 1. The molecule has 0 aliphatic heterocycles. The van der Waals surface area contributed by atoms with Crippen molar-refractivity contribution in [1.82, 2.24) is 42.0 Å². The van der Waals surface area contributed by atoms with E-state index in [0.717, 1.165) is 0 Å². The van der Waals surface area contributed by atoms with Crippen LogP contribution in [0.1, 0.15) is 62.3 Å². The van der Waals surface area contributed by atoms with Gasteiger partial charge in [-0.2, -0.15) is 0 Å². The minimum Gasteiger partial charge on any atom is -0.480 e. The van der Waals surface area contributed by atoms with Gasteiger partial charge < -0.3 is 41.7 Å². The molecule has 0 aromatic rings. The summed E-state index contributed by atoms with van der Waals surface area (Å²) in [4.78, 5) is 109. The van der Waals surface area contributed by atoms with E-state index in [2.05, 4.69) is 26.6 Å². The summed E-state index contributed by atoms with van der Waals surface area (Å²) in [7, 11) is 0. The highest BCUT2D eigenvalue weighted by Crippen LogP contribution is 2.07. The lowest BCUT2D eigenvalue weighted by Crippen LogP contribution is -2.56. The number of hydroxylamine groups is 4. The molecule has 272 valence electrons. The van der Waals surface area contributed by atoms with E-state index in [1.165, 1.54) is 41.5 Å². The van der Waals surface area contributed by atoms with E-state index >= 15 is 0 Å². The van der Waals surface area contributed by atoms with Gasteiger partial charge in [0.15, 0.2) is 0 Å². The molecule has 0 heterocycles. The van der Waals surface area contributed by atoms with Crippen molar-refractivity contribution in [2.75, 3.05) is 13.1 Å². The number of aliphatic carboxylic acids is 1. The van der Waals surface area contributed by atoms with E-state index < -0.39 is 108 Å². The Kier molecular flexibility index (Phi) is 16.9. The number of ether oxygens (including phenoxy) is 1. The standard InChI is InChI=1S/C27H46N8O13/c1-12(20(38)30-13(2)21(39)31-15(4)23(41)35(47)11-19(37)29-17(6)25(43)44)28-18(36)10-34(46)24(42)16(5)32-22(40)14(3)33-26(45)48-27(7,8)9/h12-17,46-47H,10-11H2,1-9H3,(H,28,36)(H,29,37)(H,30,38)(H,31,39)(H,32,40)(H,33,45)(H,43,44)/t12-,13-,14-,15-,16-,17-/m0/s1. The first-order valence-electron chi connectivity index (χ1n) is 14.6. The van der Waals surface area contributed by atoms with Crippen LogP contribution in [0.4, 0.5) is 4.79 Å². The molecule has 8 amide bonds. The molecule has 0 spiro atoms. The second-order valence-electron chi connectivity index (χ2n) is 11.8. The Morgan fingerprint density at radius 3 is 1.21 bits per heavy atom. The van der Waals surface area contributed by atoms with Gasteiger partial charge in [-0.3, -0.25) is 48.8 Å². The minimum atomic E-state index is -1.38. The maximum Gasteiger partial charge on any atom is 0.408 e. The minimum absolute atomic E-state index is 0.00611. The van der Waals surface area contributed by atoms with Gasteiger partial charge in [-0.05, 0) is 62.3 Å². The van der Waals surface area contributed by atoms with Gasteiger partial charge in [0.25, 0.3) is 11.8 Å². The molecule has 0 aliphatic carbocycles. The fourth-order valence-corrected chi connectivity index (χ4v) is 3.33. The Bertz CT molecular complexity index is 1240. The number of carboxylic acids is 1. The first kappa shape index (κ1) is 43.0. The van der Waals surface area contributed by atoms with Gasteiger partial charge in [0.05, 0.1) is 0 Å². The third kappa shape index (κ3) is 16.0. The van der Waals surface area contributed by atoms with Crippen molar-refractivity contribution >= 4 is 53.4 Å². The summed E-state index contributed by atoms with van der Waals surface area (Å²) in [6.07, 6.45) is -0.870. The highest BCUT2D eigenvalue weighted by atomic mass is 16.6. The van der Waals surface area contributed by atoms with E-state index in [1.807, 2.05) is 5.32 Å². The molecule has 6 atom stereocenters. The normalized spacial score (nSPS) is 14.6. The van der Waals surface area contributed by atoms with Crippen LogP contribution >= 0.6 is 0 Å². The van der Waals surface area contributed by atoms with Crippen LogP contribution in [0.5, 0.6) is 0 Å². The second-order valence-corrected chi connectivity index (χ2v) is 11.8. The van der Waals surface area contributed by atoms with Crippen molar-refractivity contribution in [3.8, 4) is 0 Å². The van der Waals surface area contributed by atoms with Gasteiger partial charge in [-0.25, -0.2) is 14.9 Å². The highest BCUT2D eigenvalue weighted by molar-refractivity contribution is 5.95. The summed E-state index contributed by atoms with van der Waals surface area (Å²) < 4.78 is 5.05. The average molecular weight is 691 g/mol. The number of nitrogens with one attached hydrogen (secondary N) is 6. The van der Waals surface area contributed by atoms with Gasteiger partial charge in [0.1, 0.15) is 54.9 Å². The Morgan fingerprint density at radius 2 is 0.854 bits per heavy atom. The summed E-state index contributed by atoms with van der Waals surface area (Å²) in [6, 6.07) is -7.67. The topological polar surface area (TPSA) is 302 Å². The maximum atomic E-state index is 12.5. The monoisotopic (exact) mass is 690 g/mol. The van der Waals surface area contributed by atoms with Crippen molar-refractivity contribution in [2.45, 2.75) is 104 Å². The molecule has 0 aromatic carbocycles. The number of hydrogen-bond acceptors (Lipinski definition) is 12. The van der Waals surface area contributed by atoms with E-state index in [-0.39, 0.29) is 10.1 Å². The van der Waals surface area contributed by atoms with E-state index in [9.17, 15) is 53.6 Å². The molecule has 9 N–H and O–H groups in total. The fourth-order valence-electron chi connectivity index (χ4n) is 3.33. The number of nitrogens with zero attached hydrogens (tertiary/aromatic N) is 2. The molecule has 0 radical (unpaired) electrons. The van der Waals surface area contributed by atoms with Crippen molar-refractivity contribution in [3.63, 3.8) is 0 Å². The van der Waals surface area contributed by atoms with E-state index in [0.29, 0.717) is 0 Å². The summed E-state index contributed by atoms with van der Waals surface area (Å²) in [5.41, 5.74) is -0.813. The zero-order valence-electron chi connectivity index (χ0n) is 28.2. The fraction of sp³-hybridized carbons (Fsp3) is 0.667. The van der Waals surface area contributed by atoms with Crippen LogP contribution in [0.25, 0.3) is 0 Å². The molecule has 48 heavy (non-hydrogen) atoms. The first-order valence-corrected chi connectivity index (χ1v) is 14.6. The zero-order chi connectivity index (χ0) is 37.7. The third-order valence-corrected chi connectivity index (χ3v) is 5.95. The van der Waals surface area contributed by atoms with Crippen LogP contribution in [0.15, 0.2) is 0 Å². The lowest BCUT2D eigenvalue weighted by molar-refractivity contribution is -0.171. The largest absolute Gasteiger partial charge is 0.480 e. The van der Waals surface area contributed by atoms with Crippen molar-refractivity contribution < 1.29 is 63.4 Å². The summed E-state index contributed by atoms with van der Waals surface area (Å²) in [5, 5.41) is 42.0. The van der Waals surface area contributed by atoms with Gasteiger partial charge >= 0.3 is 12.1 Å². The maximum absolute atomic E-state index is 12.5. The molecule has 0 fully saturated rings. The molecule has 0 unspecified atom stereocenters. The predicted octanol–water partition coefficient (Wildman–Crippen LogP) is -3.06. The van der Waals surface area contributed by atoms with Gasteiger partial charge in [-0.15, -0.1) is 0 Å². The number of amides is 8. The molecule has 0 saturated carbocycles. The van der Waals surface area contributed by atoms with Crippen LogP contribution in [-0.4, -0.2) is 134 Å². The van der Waals surface area contributed by atoms with Crippen LogP contribution in [-0.2, 0) is 43.1 Å². The second kappa shape index (κ2) is 18.9. The van der Waals surface area contributed by atoms with Crippen LogP contribution in [0, 0.1) is 0 Å². The zero-order valence-corrected chi connectivity index (χ0v) is 28.2. The van der Waals surface area contributed by atoms with Gasteiger partial charge in [-0.1, -0.05) is 0 Å². The van der Waals surface area contributed by atoms with E-state index in [1.54, 1.807) is 20.8 Å². The number of alkyl carbamates (subject to hydrolysis) is 1. The first-order chi connectivity index (χ1) is 21.9. The van der Waals surface area contributed by atoms with Crippen molar-refractivity contribution in [1.29, 1.82) is 0 Å². The number of rotatable bonds is 16. The number of carbonyl (C=O) groups excluding carboxylic acids is 8. The molecule has 0 bridgehead atoms. The molecule has 0 aromatic heterocycles. The van der Waals surface area contributed by atoms with Crippen molar-refractivity contribution in [3.05, 3.63) is 0 Å². The average Bonchev–Trinajstić information content (AvgIpc) is 2.94. The summed E-state index contributed by atoms with van der Waals surface area (Å²) in [6.45, 7) is 10.4. The quantitative estimate of drug-likeness (QED) is 0.0575. The molecule has 0 saturated heterocycles. The Labute approximate surface area is 276 Å². The Morgan fingerprint density at radius 1 is 0.542 bits per heavy atom. The predicted molar refractivity (Wildman–Crippen MR) is 161 cm³/mol. The van der Waals surface area contributed by atoms with Gasteiger partial charge in [0.2, 0.25) is 29.5 Å². The molecular formula is C27H46N8O13. The van der Waals surface area contributed by atoms with Crippen LogP contribution in [0.2, 0.25) is 0 Å². The summed E-state index contributed by atoms with van der Waals surface area (Å²) >= 11 is 0. The SMILES string of the molecule is C[C@H](NC(=O)CN(O)C(=O)[C@H](C)NC(=O)[C@H](C)NC(=O)[C@H](C)NC(=O)CN(O)C(=O)[C@H](C)NC(=O)[C@H](C)NC(=O)OC(C)(C)C)C(=O)O. The molecule has 21 nitrogen and oxygen atoms in total. The van der Waals surface area contributed by atoms with Crippen LogP contribution < -0.4 is 31.9 Å². The lowest BCUT2D eigenvalue weighted by atomic mass is 10.2. The lowest BCUT2D eigenvalue weighted by Gasteiger charge is -2.24. The van der Waals surface area contributed by atoms with E-state index in [4.69, 9.17) is 9.84 Å². The van der Waals surface area contributed by atoms with Crippen molar-refractivity contribution in [2.24, 2.45) is 0 Å². The van der Waals surface area contributed by atoms with Crippen LogP contribution in [0.3, 0.4) is 0 Å². The third-order valence-electron chi connectivity index (χ3n) is 5.95. The molecule has 0 aliphatic rings. The highest BCUT2D eigenvalue weighted by Gasteiger charge is 2.29. The summed E-state index contributed by atoms with van der Waals surface area (Å²) in [5.74, 6) is -8.08. The molecule has 21 heteroatoms. The van der Waals surface area contributed by atoms with Gasteiger partial charge in [0, 0.05) is 0 Å². The smallest absolute Gasteiger partial charge is 0.408 e. The molecule has 0 rings (SSSR count).